The second-order valence-corrected chi connectivity index (χ2v) is 20.7. The molecule has 0 fully saturated rings. The zero-order valence-corrected chi connectivity index (χ0v) is 44.6. The fourth-order valence-electron chi connectivity index (χ4n) is 12.2. The van der Waals surface area contributed by atoms with Gasteiger partial charge in [0.15, 0.2) is 0 Å². The summed E-state index contributed by atoms with van der Waals surface area (Å²) in [6.45, 7) is 8.91. The molecule has 0 atom stereocenters. The molecule has 13 aromatic rings. The van der Waals surface area contributed by atoms with Gasteiger partial charge < -0.3 is 18.3 Å². The van der Waals surface area contributed by atoms with Crippen LogP contribution >= 0.6 is 0 Å². The first-order valence-corrected chi connectivity index (χ1v) is 24.7. The van der Waals surface area contributed by atoms with Gasteiger partial charge in [0.2, 0.25) is 6.71 Å². The van der Waals surface area contributed by atoms with Gasteiger partial charge in [-0.15, -0.1) is 11.5 Å². The third-order valence-electron chi connectivity index (χ3n) is 15.5. The maximum atomic E-state index is 7.11. The maximum Gasteiger partial charge on any atom is 2.00 e. The van der Waals surface area contributed by atoms with E-state index in [1.54, 1.807) is 0 Å². The zero-order valence-electron chi connectivity index (χ0n) is 40.4. The predicted octanol–water partition coefficient (Wildman–Crippen LogP) is 14.8. The standard InChI is InChI=1S/C66H45BN2O2.U/c1-39-15-5-7-19-46(39)47-20-8-6-16-42(47)33-40-27-32-59-51(34-40)50-29-31-57-62(65(50)71-59)52-36-43(41-17-13-18-45(35-41)68-55-23-11-9-21-48(55)49-22-10-12-24-56(49)68)37-54-64(52)69(57)58-25-14-26-60-63(58)67(54)53-30-28-44(66(2,3)4)38-61(53)70-60;/h5-16,18-32,34-35,37-38H,33H2,1-4H3;/q-2;+2. The molecule has 0 spiro atoms. The Morgan fingerprint density at radius 1 is 0.583 bits per heavy atom. The maximum absolute atomic E-state index is 7.11. The second kappa shape index (κ2) is 16.0. The van der Waals surface area contributed by atoms with Crippen molar-refractivity contribution in [3.8, 4) is 45.1 Å². The molecule has 15 rings (SSSR count). The number of ether oxygens (including phenoxy) is 1. The zero-order chi connectivity index (χ0) is 47.3. The van der Waals surface area contributed by atoms with Gasteiger partial charge in [-0.3, -0.25) is 0 Å². The molecule has 338 valence electrons. The van der Waals surface area contributed by atoms with Crippen molar-refractivity contribution >= 4 is 88.7 Å². The van der Waals surface area contributed by atoms with Crippen LogP contribution in [0.2, 0.25) is 0 Å². The molecule has 0 saturated heterocycles. The average Bonchev–Trinajstić information content (AvgIpc) is 4.06. The van der Waals surface area contributed by atoms with Crippen LogP contribution in [0.25, 0.3) is 99.2 Å². The molecule has 2 aliphatic heterocycles. The molecular weight excluding hydrogens is 1100 g/mol. The molecule has 3 aromatic heterocycles. The molecule has 2 aliphatic rings. The first kappa shape index (κ1) is 43.3. The van der Waals surface area contributed by atoms with Gasteiger partial charge in [0, 0.05) is 32.7 Å². The summed E-state index contributed by atoms with van der Waals surface area (Å²) in [5.41, 5.74) is 21.6. The van der Waals surface area contributed by atoms with Crippen LogP contribution in [0.4, 0.5) is 0 Å². The van der Waals surface area contributed by atoms with Gasteiger partial charge in [0.05, 0.1) is 11.0 Å². The molecule has 0 amide bonds. The number of furan rings is 1. The van der Waals surface area contributed by atoms with Gasteiger partial charge in [-0.25, -0.2) is 5.56 Å². The summed E-state index contributed by atoms with van der Waals surface area (Å²) in [5.74, 6) is 1.80. The second-order valence-electron chi connectivity index (χ2n) is 20.7. The Morgan fingerprint density at radius 2 is 1.35 bits per heavy atom. The van der Waals surface area contributed by atoms with Crippen LogP contribution in [0.1, 0.15) is 43.0 Å². The Morgan fingerprint density at radius 3 is 2.15 bits per heavy atom. The Hall–Kier alpha value is -7.48. The molecule has 72 heavy (non-hydrogen) atoms. The molecule has 0 unspecified atom stereocenters. The molecule has 0 saturated carbocycles. The first-order chi connectivity index (χ1) is 34.7. The summed E-state index contributed by atoms with van der Waals surface area (Å²) < 4.78 is 18.9. The van der Waals surface area contributed by atoms with Gasteiger partial charge in [0.25, 0.3) is 0 Å². The van der Waals surface area contributed by atoms with E-state index in [0.29, 0.717) is 0 Å². The van der Waals surface area contributed by atoms with Crippen LogP contribution in [-0.4, -0.2) is 15.8 Å². The monoisotopic (exact) mass is 1150 g/mol. The first-order valence-electron chi connectivity index (χ1n) is 24.7. The van der Waals surface area contributed by atoms with Gasteiger partial charge in [0.1, 0.15) is 22.7 Å². The van der Waals surface area contributed by atoms with Crippen molar-refractivity contribution in [1.29, 1.82) is 0 Å². The fourth-order valence-corrected chi connectivity index (χ4v) is 12.2. The van der Waals surface area contributed by atoms with Crippen molar-refractivity contribution in [2.45, 2.75) is 39.5 Å². The van der Waals surface area contributed by atoms with E-state index in [4.69, 9.17) is 9.15 Å². The normalized spacial score (nSPS) is 12.8. The molecule has 0 bridgehead atoms. The van der Waals surface area contributed by atoms with Crippen LogP contribution in [0.3, 0.4) is 0 Å². The van der Waals surface area contributed by atoms with Crippen LogP contribution in [0.15, 0.2) is 192 Å². The summed E-state index contributed by atoms with van der Waals surface area (Å²) in [6, 6.07) is 76.3. The molecule has 10 aromatic carbocycles. The molecule has 0 aliphatic carbocycles. The van der Waals surface area contributed by atoms with E-state index in [2.05, 4.69) is 237 Å². The molecule has 0 N–H and O–H groups in total. The minimum absolute atomic E-state index is 0. The SMILES string of the molecule is Cc1ccccc1-c1ccccc1Cc1ccc2oc3c(ccc4c3c3[c-]c(-c5[c-]ccc(-n6c7ccccc7c7ccccc76)c5)cc5c3n4-c3cccc4c3B5c3ccc(C(C)(C)C)cc3O4)c2c1.[U+2]. The quantitative estimate of drug-likeness (QED) is 0.127. The number of benzene rings is 10. The van der Waals surface area contributed by atoms with Gasteiger partial charge in [-0.2, -0.15) is 35.9 Å². The molecule has 5 heterocycles. The summed E-state index contributed by atoms with van der Waals surface area (Å²) in [7, 11) is 0. The Balaban J connectivity index is 0.00000482. The molecule has 0 radical (unpaired) electrons. The molecule has 6 heteroatoms. The van der Waals surface area contributed by atoms with Crippen LogP contribution in [-0.2, 0) is 11.8 Å². The van der Waals surface area contributed by atoms with E-state index in [1.165, 1.54) is 71.6 Å². The Labute approximate surface area is 441 Å². The fraction of sp³-hybridized carbons (Fsp3) is 0.0909. The number of hydrogen-bond acceptors (Lipinski definition) is 2. The van der Waals surface area contributed by atoms with E-state index in [0.717, 1.165) is 84.2 Å². The minimum Gasteiger partial charge on any atom is -0.463 e. The van der Waals surface area contributed by atoms with E-state index >= 15 is 0 Å². The van der Waals surface area contributed by atoms with Gasteiger partial charge >= 0.3 is 31.1 Å². The van der Waals surface area contributed by atoms with E-state index in [-0.39, 0.29) is 43.2 Å². The number of aromatic nitrogens is 2. The van der Waals surface area contributed by atoms with Gasteiger partial charge in [-0.05, 0) is 134 Å². The topological polar surface area (TPSA) is 32.2 Å². The largest absolute Gasteiger partial charge is 2.00 e. The van der Waals surface area contributed by atoms with Crippen molar-refractivity contribution in [3.05, 3.63) is 222 Å². The summed E-state index contributed by atoms with van der Waals surface area (Å²) in [5, 5.41) is 6.77. The van der Waals surface area contributed by atoms with Crippen LogP contribution in [0, 0.1) is 50.2 Å². The van der Waals surface area contributed by atoms with Crippen molar-refractivity contribution in [2.75, 3.05) is 0 Å². The van der Waals surface area contributed by atoms with Crippen LogP contribution < -0.4 is 21.1 Å². The Kier molecular flexibility index (Phi) is 9.63. The van der Waals surface area contributed by atoms with E-state index in [1.807, 2.05) is 0 Å². The number of aryl methyl sites for hydroxylation is 1. The summed E-state index contributed by atoms with van der Waals surface area (Å²) in [6.07, 6.45) is 0.806. The summed E-state index contributed by atoms with van der Waals surface area (Å²) >= 11 is 0. The number of fused-ring (bicyclic) bond motifs is 14. The van der Waals surface area contributed by atoms with E-state index < -0.39 is 0 Å². The number of rotatable bonds is 5. The summed E-state index contributed by atoms with van der Waals surface area (Å²) in [4.78, 5) is 0. The van der Waals surface area contributed by atoms with Crippen molar-refractivity contribution in [1.82, 2.24) is 9.13 Å². The smallest absolute Gasteiger partial charge is 0.463 e. The van der Waals surface area contributed by atoms with Crippen molar-refractivity contribution in [3.63, 3.8) is 0 Å². The van der Waals surface area contributed by atoms with Crippen molar-refractivity contribution in [2.24, 2.45) is 0 Å². The molecule has 4 nitrogen and oxygen atoms in total. The third-order valence-corrected chi connectivity index (χ3v) is 15.5. The van der Waals surface area contributed by atoms with Crippen LogP contribution in [0.5, 0.6) is 11.5 Å². The number of hydrogen-bond donors (Lipinski definition) is 0. The average molecular weight is 1150 g/mol. The number of para-hydroxylation sites is 2. The number of nitrogens with zero attached hydrogens (tertiary/aromatic N) is 2. The van der Waals surface area contributed by atoms with E-state index in [9.17, 15) is 0 Å². The van der Waals surface area contributed by atoms with Gasteiger partial charge in [-0.1, -0.05) is 135 Å². The Bertz CT molecular complexity index is 4380. The van der Waals surface area contributed by atoms with Crippen molar-refractivity contribution < 1.29 is 40.3 Å². The third kappa shape index (κ3) is 6.32. The predicted molar refractivity (Wildman–Crippen MR) is 295 cm³/mol. The molecular formula is C66H45BN2O2U. The minimum atomic E-state index is -0.0802.